The quantitative estimate of drug-likeness (QED) is 0.527. The summed E-state index contributed by atoms with van der Waals surface area (Å²) in [6.07, 6.45) is 11.1. The summed E-state index contributed by atoms with van der Waals surface area (Å²) in [4.78, 5) is 0. The van der Waals surface area contributed by atoms with Gasteiger partial charge >= 0.3 is 0 Å². The predicted molar refractivity (Wildman–Crippen MR) is 100 cm³/mol. The van der Waals surface area contributed by atoms with E-state index in [1.165, 1.54) is 51.4 Å². The first-order chi connectivity index (χ1) is 11.1. The normalized spacial score (nSPS) is 31.1. The molecule has 0 amide bonds. The molecule has 0 N–H and O–H groups in total. The highest BCUT2D eigenvalue weighted by Gasteiger charge is 2.36. The van der Waals surface area contributed by atoms with Gasteiger partial charge in [-0.05, 0) is 89.2 Å². The Balaban J connectivity index is 1.64. The van der Waals surface area contributed by atoms with Crippen molar-refractivity contribution in [1.29, 1.82) is 0 Å². The minimum absolute atomic E-state index is 0.747. The molecule has 2 atom stereocenters. The summed E-state index contributed by atoms with van der Waals surface area (Å²) >= 11 is 0. The lowest BCUT2D eigenvalue weighted by atomic mass is 9.52. The third-order valence-electron chi connectivity index (χ3n) is 7.24. The molecule has 0 nitrogen and oxygen atoms in total. The second-order valence-corrected chi connectivity index (χ2v) is 8.20. The summed E-state index contributed by atoms with van der Waals surface area (Å²) in [7, 11) is 2.64. The van der Waals surface area contributed by atoms with Crippen LogP contribution >= 0.6 is 0 Å². The molecule has 23 heavy (non-hydrogen) atoms. The Morgan fingerprint density at radius 3 is 1.48 bits per heavy atom. The van der Waals surface area contributed by atoms with Crippen LogP contribution in [0.4, 0.5) is 0 Å². The van der Waals surface area contributed by atoms with Crippen molar-refractivity contribution in [3.05, 3.63) is 44.4 Å². The Morgan fingerprint density at radius 1 is 0.609 bits per heavy atom. The van der Waals surface area contributed by atoms with Crippen LogP contribution in [-0.4, -0.2) is 7.28 Å². The summed E-state index contributed by atoms with van der Waals surface area (Å²) in [6, 6.07) is 0. The van der Waals surface area contributed by atoms with E-state index in [1.807, 2.05) is 0 Å². The van der Waals surface area contributed by atoms with Gasteiger partial charge in [0.25, 0.3) is 0 Å². The van der Waals surface area contributed by atoms with Crippen LogP contribution in [0.25, 0.3) is 0 Å². The van der Waals surface area contributed by atoms with E-state index in [9.17, 15) is 0 Å². The van der Waals surface area contributed by atoms with Crippen LogP contribution in [-0.2, 0) is 0 Å². The topological polar surface area (TPSA) is 0 Å². The van der Waals surface area contributed by atoms with E-state index in [-0.39, 0.29) is 0 Å². The van der Waals surface area contributed by atoms with Gasteiger partial charge in [0, 0.05) is 0 Å². The third-order valence-corrected chi connectivity index (χ3v) is 7.24. The van der Waals surface area contributed by atoms with Gasteiger partial charge in [-0.15, -0.1) is 0 Å². The number of fused-ring (bicyclic) bond motifs is 2. The van der Waals surface area contributed by atoms with Gasteiger partial charge in [0.1, 0.15) is 0 Å². The number of hydrogen-bond acceptors (Lipinski definition) is 0. The predicted octanol–water partition coefficient (Wildman–Crippen LogP) is 6.28. The van der Waals surface area contributed by atoms with Gasteiger partial charge in [-0.1, -0.05) is 46.1 Å². The van der Waals surface area contributed by atoms with Crippen LogP contribution in [0.2, 0.25) is 0 Å². The lowest BCUT2D eigenvalue weighted by Crippen LogP contribution is -2.20. The van der Waals surface area contributed by atoms with E-state index < -0.39 is 0 Å². The minimum Gasteiger partial charge on any atom is -0.0928 e. The molecule has 0 aromatic heterocycles. The SMILES string of the molecule is CC1=C([B]C2=C(C)C(C)=C3CCCCC23)C2CCCCC2=C1C. The highest BCUT2D eigenvalue weighted by atomic mass is 14.4. The van der Waals surface area contributed by atoms with Crippen LogP contribution in [0.1, 0.15) is 79.1 Å². The second kappa shape index (κ2) is 5.83. The Bertz CT molecular complexity index is 610. The molecule has 0 saturated heterocycles. The van der Waals surface area contributed by atoms with E-state index >= 15 is 0 Å². The molecule has 4 aliphatic rings. The number of hydrogen-bond donors (Lipinski definition) is 0. The van der Waals surface area contributed by atoms with Crippen molar-refractivity contribution in [3.63, 3.8) is 0 Å². The van der Waals surface area contributed by atoms with E-state index in [2.05, 4.69) is 35.0 Å². The highest BCUT2D eigenvalue weighted by Crippen LogP contribution is 2.49. The Morgan fingerprint density at radius 2 is 1.04 bits per heavy atom. The summed E-state index contributed by atoms with van der Waals surface area (Å²) in [5, 5.41) is 0. The van der Waals surface area contributed by atoms with Crippen molar-refractivity contribution < 1.29 is 0 Å². The van der Waals surface area contributed by atoms with E-state index in [0.717, 1.165) is 11.8 Å². The third kappa shape index (κ3) is 2.34. The Labute approximate surface area is 143 Å². The van der Waals surface area contributed by atoms with Crippen LogP contribution < -0.4 is 0 Å². The van der Waals surface area contributed by atoms with Crippen molar-refractivity contribution in [2.75, 3.05) is 0 Å². The molecule has 2 fully saturated rings. The maximum absolute atomic E-state index is 2.64. The molecule has 2 saturated carbocycles. The van der Waals surface area contributed by atoms with Crippen molar-refractivity contribution in [1.82, 2.24) is 0 Å². The van der Waals surface area contributed by atoms with Gasteiger partial charge in [0.05, 0.1) is 0 Å². The first-order valence-corrected chi connectivity index (χ1v) is 9.76. The lowest BCUT2D eigenvalue weighted by Gasteiger charge is -2.28. The lowest BCUT2D eigenvalue weighted by molar-refractivity contribution is 0.511. The smallest absolute Gasteiger partial charge is 0.0928 e. The molecule has 1 heteroatoms. The molecule has 0 aromatic carbocycles. The zero-order valence-electron chi connectivity index (χ0n) is 15.4. The largest absolute Gasteiger partial charge is 0.182 e. The van der Waals surface area contributed by atoms with Gasteiger partial charge in [0.2, 0.25) is 0 Å². The summed E-state index contributed by atoms with van der Waals surface area (Å²) in [6.45, 7) is 9.49. The monoisotopic (exact) mass is 305 g/mol. The van der Waals surface area contributed by atoms with Gasteiger partial charge < -0.3 is 0 Å². The van der Waals surface area contributed by atoms with Crippen molar-refractivity contribution in [3.8, 4) is 0 Å². The molecule has 4 rings (SSSR count). The van der Waals surface area contributed by atoms with Crippen LogP contribution in [0, 0.1) is 11.8 Å². The van der Waals surface area contributed by atoms with Crippen molar-refractivity contribution in [2.24, 2.45) is 11.8 Å². The first kappa shape index (κ1) is 15.5. The molecule has 0 heterocycles. The molecule has 121 valence electrons. The molecule has 0 aliphatic heterocycles. The van der Waals surface area contributed by atoms with E-state index in [4.69, 9.17) is 0 Å². The van der Waals surface area contributed by atoms with Crippen molar-refractivity contribution in [2.45, 2.75) is 79.1 Å². The van der Waals surface area contributed by atoms with Crippen LogP contribution in [0.5, 0.6) is 0 Å². The zero-order chi connectivity index (χ0) is 16.1. The van der Waals surface area contributed by atoms with E-state index in [1.54, 1.807) is 44.4 Å². The summed E-state index contributed by atoms with van der Waals surface area (Å²) in [5.74, 6) is 1.49. The van der Waals surface area contributed by atoms with Gasteiger partial charge in [-0.25, -0.2) is 0 Å². The standard InChI is InChI=1S/C22H30B/c1-13-15(3)21(19-11-7-5-9-17(13)19)23-22-16(4)14(2)18-10-6-8-12-20(18)22/h19-20H,5-12H2,1-4H3. The molecule has 0 bridgehead atoms. The highest BCUT2D eigenvalue weighted by molar-refractivity contribution is 6.55. The molecule has 0 aromatic rings. The fourth-order valence-corrected chi connectivity index (χ4v) is 5.63. The average Bonchev–Trinajstić information content (AvgIpc) is 2.97. The fraction of sp³-hybridized carbons (Fsp3) is 0.636. The second-order valence-electron chi connectivity index (χ2n) is 8.20. The zero-order valence-corrected chi connectivity index (χ0v) is 15.4. The number of rotatable bonds is 2. The Hall–Kier alpha value is -0.975. The number of allylic oxidation sites excluding steroid dienone is 8. The van der Waals surface area contributed by atoms with Gasteiger partial charge in [-0.2, -0.15) is 0 Å². The first-order valence-electron chi connectivity index (χ1n) is 9.76. The van der Waals surface area contributed by atoms with Crippen LogP contribution in [0.3, 0.4) is 0 Å². The summed E-state index contributed by atoms with van der Waals surface area (Å²) < 4.78 is 0. The minimum atomic E-state index is 0.747. The molecule has 1 radical (unpaired) electrons. The molecular formula is C22H30B. The molecule has 4 aliphatic carbocycles. The molecular weight excluding hydrogens is 275 g/mol. The molecule has 2 unspecified atom stereocenters. The maximum Gasteiger partial charge on any atom is 0.182 e. The van der Waals surface area contributed by atoms with Gasteiger partial charge in [-0.3, -0.25) is 0 Å². The van der Waals surface area contributed by atoms with Crippen molar-refractivity contribution >= 4 is 7.28 Å². The van der Waals surface area contributed by atoms with Crippen LogP contribution in [0.15, 0.2) is 44.4 Å². The average molecular weight is 305 g/mol. The molecule has 0 spiro atoms. The summed E-state index contributed by atoms with van der Waals surface area (Å²) in [5.41, 5.74) is 13.3. The maximum atomic E-state index is 2.64. The Kier molecular flexibility index (Phi) is 3.94. The van der Waals surface area contributed by atoms with E-state index in [0.29, 0.717) is 0 Å². The van der Waals surface area contributed by atoms with Gasteiger partial charge in [0.15, 0.2) is 7.28 Å². The fourth-order valence-electron chi connectivity index (χ4n) is 5.63.